The number of nitrogens with zero attached hydrogens (tertiary/aromatic N) is 1. The van der Waals surface area contributed by atoms with E-state index in [1.165, 1.54) is 16.7 Å². The molecule has 0 amide bonds. The minimum atomic E-state index is 0.383. The second-order valence-corrected chi connectivity index (χ2v) is 6.61. The van der Waals surface area contributed by atoms with E-state index in [2.05, 4.69) is 83.8 Å². The normalized spacial score (nSPS) is 24.1. The Labute approximate surface area is 144 Å². The number of allylic oxidation sites excluding steroid dienone is 1. The molecule has 2 atom stereocenters. The van der Waals surface area contributed by atoms with E-state index in [0.717, 1.165) is 26.2 Å². The summed E-state index contributed by atoms with van der Waals surface area (Å²) in [7, 11) is 0. The zero-order chi connectivity index (χ0) is 16.2. The first-order valence-electron chi connectivity index (χ1n) is 8.70. The first-order chi connectivity index (χ1) is 11.9. The van der Waals surface area contributed by atoms with E-state index in [9.17, 15) is 0 Å². The largest absolute Gasteiger partial charge is 0.378 e. The topological polar surface area (TPSA) is 12.5 Å². The molecule has 2 heteroatoms. The summed E-state index contributed by atoms with van der Waals surface area (Å²) in [6.45, 7) is 2.64. The molecule has 2 nitrogen and oxygen atoms in total. The Morgan fingerprint density at radius 1 is 0.917 bits per heavy atom. The second-order valence-electron chi connectivity index (χ2n) is 6.61. The molecule has 2 bridgehead atoms. The number of hydrogen-bond donors (Lipinski definition) is 0. The van der Waals surface area contributed by atoms with Gasteiger partial charge >= 0.3 is 0 Å². The molecule has 0 saturated carbocycles. The molecule has 0 aromatic heterocycles. The van der Waals surface area contributed by atoms with Crippen molar-refractivity contribution in [3.05, 3.63) is 89.5 Å². The van der Waals surface area contributed by atoms with Crippen LogP contribution in [0.2, 0.25) is 0 Å². The lowest BCUT2D eigenvalue weighted by Gasteiger charge is -2.44. The van der Waals surface area contributed by atoms with Crippen LogP contribution in [0, 0.1) is 0 Å². The Balaban J connectivity index is 1.51. The number of morpholine rings is 1. The molecule has 2 heterocycles. The maximum Gasteiger partial charge on any atom is 0.0658 e. The number of fused-ring (bicyclic) bond motifs is 2. The molecule has 122 valence electrons. The van der Waals surface area contributed by atoms with E-state index in [0.29, 0.717) is 12.1 Å². The molecule has 1 saturated heterocycles. The Hall–Kier alpha value is -2.16. The molecule has 2 aromatic rings. The zero-order valence-corrected chi connectivity index (χ0v) is 13.8. The number of benzene rings is 2. The highest BCUT2D eigenvalue weighted by atomic mass is 16.5. The fraction of sp³-hybridized carbons (Fsp3) is 0.273. The molecule has 24 heavy (non-hydrogen) atoms. The smallest absolute Gasteiger partial charge is 0.0658 e. The van der Waals surface area contributed by atoms with Gasteiger partial charge in [-0.3, -0.25) is 4.90 Å². The van der Waals surface area contributed by atoms with Crippen LogP contribution in [-0.4, -0.2) is 30.2 Å². The average molecular weight is 317 g/mol. The van der Waals surface area contributed by atoms with Gasteiger partial charge < -0.3 is 4.74 Å². The van der Waals surface area contributed by atoms with Crippen LogP contribution in [0.3, 0.4) is 0 Å². The van der Waals surface area contributed by atoms with Gasteiger partial charge in [0, 0.05) is 12.6 Å². The number of ether oxygens (including phenoxy) is 1. The van der Waals surface area contributed by atoms with Crippen LogP contribution in [0.1, 0.15) is 17.5 Å². The van der Waals surface area contributed by atoms with Gasteiger partial charge in [-0.05, 0) is 23.1 Å². The summed E-state index contributed by atoms with van der Waals surface area (Å²) in [6.07, 6.45) is 7.94. The minimum absolute atomic E-state index is 0.383. The molecule has 2 unspecified atom stereocenters. The van der Waals surface area contributed by atoms with Crippen molar-refractivity contribution in [3.63, 3.8) is 0 Å². The van der Waals surface area contributed by atoms with Gasteiger partial charge in [0.15, 0.2) is 0 Å². The van der Waals surface area contributed by atoms with Gasteiger partial charge in [0.2, 0.25) is 0 Å². The van der Waals surface area contributed by atoms with Crippen molar-refractivity contribution < 1.29 is 4.74 Å². The van der Waals surface area contributed by atoms with Crippen LogP contribution >= 0.6 is 0 Å². The summed E-state index contributed by atoms with van der Waals surface area (Å²) in [5, 5.41) is 0. The van der Waals surface area contributed by atoms with Gasteiger partial charge in [-0.15, -0.1) is 0 Å². The fourth-order valence-electron chi connectivity index (χ4n) is 3.63. The van der Waals surface area contributed by atoms with Gasteiger partial charge in [-0.25, -0.2) is 0 Å². The highest BCUT2D eigenvalue weighted by Gasteiger charge is 2.33. The van der Waals surface area contributed by atoms with Gasteiger partial charge in [-0.2, -0.15) is 0 Å². The predicted octanol–water partition coefficient (Wildman–Crippen LogP) is 4.30. The first kappa shape index (κ1) is 15.4. The van der Waals surface area contributed by atoms with Crippen molar-refractivity contribution in [2.24, 2.45) is 0 Å². The maximum atomic E-state index is 5.81. The maximum absolute atomic E-state index is 5.81. The van der Waals surface area contributed by atoms with Crippen molar-refractivity contribution in [2.45, 2.75) is 25.0 Å². The molecule has 2 aliphatic heterocycles. The summed E-state index contributed by atoms with van der Waals surface area (Å²) in [6, 6.07) is 22.1. The summed E-state index contributed by atoms with van der Waals surface area (Å²) in [5.41, 5.74) is 4.07. The third kappa shape index (κ3) is 3.50. The zero-order valence-electron chi connectivity index (χ0n) is 13.8. The van der Waals surface area contributed by atoms with Crippen molar-refractivity contribution in [3.8, 4) is 0 Å². The monoisotopic (exact) mass is 317 g/mol. The summed E-state index contributed by atoms with van der Waals surface area (Å²) < 4.78 is 5.81. The second kappa shape index (κ2) is 7.16. The van der Waals surface area contributed by atoms with Gasteiger partial charge in [0.25, 0.3) is 0 Å². The van der Waals surface area contributed by atoms with E-state index in [4.69, 9.17) is 4.74 Å². The third-order valence-electron chi connectivity index (χ3n) is 4.87. The molecular formula is C22H23NO. The van der Waals surface area contributed by atoms with Crippen LogP contribution < -0.4 is 0 Å². The Morgan fingerprint density at radius 3 is 2.42 bits per heavy atom. The lowest BCUT2D eigenvalue weighted by Crippen LogP contribution is -2.53. The number of hydrogen-bond acceptors (Lipinski definition) is 2. The van der Waals surface area contributed by atoms with E-state index >= 15 is 0 Å². The van der Waals surface area contributed by atoms with Gasteiger partial charge in [0.1, 0.15) is 0 Å². The predicted molar refractivity (Wildman–Crippen MR) is 98.6 cm³/mol. The van der Waals surface area contributed by atoms with E-state index in [1.54, 1.807) is 0 Å². The Kier molecular flexibility index (Phi) is 4.59. The molecule has 0 N–H and O–H groups in total. The SMILES string of the molecule is C1=C(/C=C/c2ccccc2)CC2COCC1N2Cc1ccccc1. The first-order valence-corrected chi connectivity index (χ1v) is 8.70. The molecule has 0 spiro atoms. The van der Waals surface area contributed by atoms with Crippen molar-refractivity contribution in [1.29, 1.82) is 0 Å². The molecule has 2 aliphatic rings. The lowest BCUT2D eigenvalue weighted by atomic mass is 9.93. The highest BCUT2D eigenvalue weighted by molar-refractivity contribution is 5.53. The lowest BCUT2D eigenvalue weighted by molar-refractivity contribution is -0.0432. The molecule has 1 fully saturated rings. The van der Waals surface area contributed by atoms with Crippen LogP contribution in [0.4, 0.5) is 0 Å². The van der Waals surface area contributed by atoms with Crippen LogP contribution in [-0.2, 0) is 11.3 Å². The summed E-state index contributed by atoms with van der Waals surface area (Å²) >= 11 is 0. The van der Waals surface area contributed by atoms with Crippen molar-refractivity contribution >= 4 is 6.08 Å². The highest BCUT2D eigenvalue weighted by Crippen LogP contribution is 2.29. The van der Waals surface area contributed by atoms with E-state index in [-0.39, 0.29) is 0 Å². The third-order valence-corrected chi connectivity index (χ3v) is 4.87. The Bertz CT molecular complexity index is 720. The van der Waals surface area contributed by atoms with E-state index < -0.39 is 0 Å². The van der Waals surface area contributed by atoms with Crippen molar-refractivity contribution in [1.82, 2.24) is 4.90 Å². The van der Waals surface area contributed by atoms with Crippen LogP contribution in [0.25, 0.3) is 6.08 Å². The van der Waals surface area contributed by atoms with Crippen molar-refractivity contribution in [2.75, 3.05) is 13.2 Å². The minimum Gasteiger partial charge on any atom is -0.378 e. The standard InChI is InChI=1S/C22H23NO/c1-3-7-18(8-4-1)11-12-20-13-21-16-24-17-22(14-20)23(21)15-19-9-5-2-6-10-19/h1-13,21-22H,14-17H2/b12-11+. The molecule has 0 radical (unpaired) electrons. The fourth-order valence-corrected chi connectivity index (χ4v) is 3.63. The Morgan fingerprint density at radius 2 is 1.67 bits per heavy atom. The van der Waals surface area contributed by atoms with Crippen LogP contribution in [0.5, 0.6) is 0 Å². The quantitative estimate of drug-likeness (QED) is 0.833. The van der Waals surface area contributed by atoms with E-state index in [1.807, 2.05) is 0 Å². The molecule has 0 aliphatic carbocycles. The number of rotatable bonds is 4. The molecule has 4 rings (SSSR count). The summed E-state index contributed by atoms with van der Waals surface area (Å²) in [5.74, 6) is 0. The molecular weight excluding hydrogens is 294 g/mol. The molecule has 2 aromatic carbocycles. The van der Waals surface area contributed by atoms with Crippen LogP contribution in [0.15, 0.2) is 78.4 Å². The summed E-state index contributed by atoms with van der Waals surface area (Å²) in [4.78, 5) is 2.60. The average Bonchev–Trinajstić information content (AvgIpc) is 2.62. The van der Waals surface area contributed by atoms with Gasteiger partial charge in [-0.1, -0.05) is 78.9 Å². The van der Waals surface area contributed by atoms with Gasteiger partial charge in [0.05, 0.1) is 19.3 Å².